The maximum atomic E-state index is 13.4. The first-order chi connectivity index (χ1) is 15.7. The van der Waals surface area contributed by atoms with Crippen molar-refractivity contribution < 1.29 is 14.3 Å². The number of ether oxygens (including phenoxy) is 2. The predicted molar refractivity (Wildman–Crippen MR) is 125 cm³/mol. The van der Waals surface area contributed by atoms with Crippen molar-refractivity contribution in [2.75, 3.05) is 60.1 Å². The number of amides is 1. The summed E-state index contributed by atoms with van der Waals surface area (Å²) in [5.41, 5.74) is 3.08. The lowest BCUT2D eigenvalue weighted by Crippen LogP contribution is -2.50. The smallest absolute Gasteiger partial charge is 0.257 e. The molecule has 1 amide bonds. The molecule has 170 valence electrons. The molecule has 0 aromatic heterocycles. The van der Waals surface area contributed by atoms with Gasteiger partial charge in [-0.3, -0.25) is 14.6 Å². The van der Waals surface area contributed by atoms with Crippen molar-refractivity contribution >= 4 is 11.6 Å². The molecular formula is C25H32N4O3. The van der Waals surface area contributed by atoms with Gasteiger partial charge in [-0.25, -0.2) is 5.01 Å². The van der Waals surface area contributed by atoms with Crippen LogP contribution < -0.4 is 4.74 Å². The number of rotatable bonds is 8. The average Bonchev–Trinajstić information content (AvgIpc) is 3.30. The van der Waals surface area contributed by atoms with Gasteiger partial charge in [-0.05, 0) is 23.3 Å². The van der Waals surface area contributed by atoms with Gasteiger partial charge in [0, 0.05) is 46.3 Å². The SMILES string of the molecule is COCCN1CCN(CC(=O)N2N=C(c3ccccc3)CC2c2ccc(OC)cc2)CC1. The fraction of sp³-hybridized carbons (Fsp3) is 0.440. The molecule has 0 spiro atoms. The van der Waals surface area contributed by atoms with Gasteiger partial charge in [0.1, 0.15) is 5.75 Å². The average molecular weight is 437 g/mol. The Labute approximate surface area is 190 Å². The fourth-order valence-corrected chi connectivity index (χ4v) is 4.29. The number of hydrogen-bond donors (Lipinski definition) is 0. The highest BCUT2D eigenvalue weighted by atomic mass is 16.5. The molecule has 7 nitrogen and oxygen atoms in total. The van der Waals surface area contributed by atoms with E-state index in [1.165, 1.54) is 0 Å². The van der Waals surface area contributed by atoms with Crippen LogP contribution in [0.2, 0.25) is 0 Å². The van der Waals surface area contributed by atoms with Crippen LogP contribution in [0.5, 0.6) is 5.75 Å². The fourth-order valence-electron chi connectivity index (χ4n) is 4.29. The first kappa shape index (κ1) is 22.5. The number of nitrogens with zero attached hydrogens (tertiary/aromatic N) is 4. The van der Waals surface area contributed by atoms with Crippen LogP contribution >= 0.6 is 0 Å². The summed E-state index contributed by atoms with van der Waals surface area (Å²) in [6, 6.07) is 18.0. The summed E-state index contributed by atoms with van der Waals surface area (Å²) < 4.78 is 10.5. The van der Waals surface area contributed by atoms with Crippen molar-refractivity contribution in [3.8, 4) is 5.75 Å². The zero-order chi connectivity index (χ0) is 22.3. The van der Waals surface area contributed by atoms with E-state index in [0.717, 1.165) is 61.9 Å². The van der Waals surface area contributed by atoms with E-state index >= 15 is 0 Å². The zero-order valence-electron chi connectivity index (χ0n) is 18.9. The Hall–Kier alpha value is -2.74. The van der Waals surface area contributed by atoms with E-state index in [-0.39, 0.29) is 11.9 Å². The zero-order valence-corrected chi connectivity index (χ0v) is 18.9. The minimum Gasteiger partial charge on any atom is -0.497 e. The Bertz CT molecular complexity index is 909. The highest BCUT2D eigenvalue weighted by Crippen LogP contribution is 2.33. The standard InChI is InChI=1S/C25H32N4O3/c1-31-17-16-27-12-14-28(15-13-27)19-25(30)29-24(21-8-10-22(32-2)11-9-21)18-23(26-29)20-6-4-3-5-7-20/h3-11,24H,12-19H2,1-2H3. The molecular weight excluding hydrogens is 404 g/mol. The van der Waals surface area contributed by atoms with Crippen molar-refractivity contribution in [3.63, 3.8) is 0 Å². The van der Waals surface area contributed by atoms with Gasteiger partial charge in [-0.15, -0.1) is 0 Å². The minimum absolute atomic E-state index is 0.0436. The number of piperazine rings is 1. The predicted octanol–water partition coefficient (Wildman–Crippen LogP) is 2.64. The Morgan fingerprint density at radius 1 is 0.969 bits per heavy atom. The van der Waals surface area contributed by atoms with Crippen LogP contribution in [0.25, 0.3) is 0 Å². The summed E-state index contributed by atoms with van der Waals surface area (Å²) >= 11 is 0. The lowest BCUT2D eigenvalue weighted by molar-refractivity contribution is -0.134. The molecule has 0 radical (unpaired) electrons. The second kappa shape index (κ2) is 10.7. The molecule has 2 aromatic rings. The van der Waals surface area contributed by atoms with Gasteiger partial charge >= 0.3 is 0 Å². The molecule has 2 heterocycles. The summed E-state index contributed by atoms with van der Waals surface area (Å²) in [5, 5.41) is 6.49. The van der Waals surface area contributed by atoms with Crippen LogP contribution in [0.1, 0.15) is 23.6 Å². The van der Waals surface area contributed by atoms with E-state index in [1.807, 2.05) is 42.5 Å². The Balaban J connectivity index is 1.47. The Kier molecular flexibility index (Phi) is 7.52. The van der Waals surface area contributed by atoms with Crippen molar-refractivity contribution in [1.82, 2.24) is 14.8 Å². The summed E-state index contributed by atoms with van der Waals surface area (Å²) in [6.07, 6.45) is 0.701. The molecule has 0 aliphatic carbocycles. The van der Waals surface area contributed by atoms with E-state index in [0.29, 0.717) is 13.0 Å². The second-order valence-electron chi connectivity index (χ2n) is 8.25. The van der Waals surface area contributed by atoms with Gasteiger partial charge in [0.05, 0.1) is 32.0 Å². The first-order valence-corrected chi connectivity index (χ1v) is 11.2. The van der Waals surface area contributed by atoms with Crippen LogP contribution in [-0.2, 0) is 9.53 Å². The van der Waals surface area contributed by atoms with Crippen molar-refractivity contribution in [2.45, 2.75) is 12.5 Å². The summed E-state index contributed by atoms with van der Waals surface area (Å²) in [5.74, 6) is 0.849. The van der Waals surface area contributed by atoms with Crippen molar-refractivity contribution in [3.05, 3.63) is 65.7 Å². The van der Waals surface area contributed by atoms with E-state index in [9.17, 15) is 4.79 Å². The van der Waals surface area contributed by atoms with Gasteiger partial charge in [0.2, 0.25) is 0 Å². The summed E-state index contributed by atoms with van der Waals surface area (Å²) in [4.78, 5) is 18.0. The minimum atomic E-state index is -0.105. The Morgan fingerprint density at radius 2 is 1.66 bits per heavy atom. The number of methoxy groups -OCH3 is 2. The Morgan fingerprint density at radius 3 is 2.31 bits per heavy atom. The lowest BCUT2D eigenvalue weighted by atomic mass is 9.98. The first-order valence-electron chi connectivity index (χ1n) is 11.2. The summed E-state index contributed by atoms with van der Waals surface area (Å²) in [6.45, 7) is 5.74. The lowest BCUT2D eigenvalue weighted by Gasteiger charge is -2.35. The van der Waals surface area contributed by atoms with Crippen LogP contribution in [0.3, 0.4) is 0 Å². The number of carbonyl (C=O) groups is 1. The normalized spacial score (nSPS) is 19.8. The molecule has 0 bridgehead atoms. The highest BCUT2D eigenvalue weighted by molar-refractivity contribution is 6.03. The van der Waals surface area contributed by atoms with E-state index in [2.05, 4.69) is 21.9 Å². The van der Waals surface area contributed by atoms with Gasteiger partial charge in [0.15, 0.2) is 0 Å². The van der Waals surface area contributed by atoms with Crippen molar-refractivity contribution in [2.24, 2.45) is 5.10 Å². The third kappa shape index (κ3) is 5.35. The van der Waals surface area contributed by atoms with Gasteiger partial charge < -0.3 is 9.47 Å². The molecule has 2 aliphatic heterocycles. The van der Waals surface area contributed by atoms with Crippen LogP contribution in [0, 0.1) is 0 Å². The molecule has 0 saturated carbocycles. The molecule has 32 heavy (non-hydrogen) atoms. The molecule has 1 fully saturated rings. The topological polar surface area (TPSA) is 57.6 Å². The molecule has 0 N–H and O–H groups in total. The van der Waals surface area contributed by atoms with Crippen LogP contribution in [0.15, 0.2) is 59.7 Å². The van der Waals surface area contributed by atoms with E-state index in [1.54, 1.807) is 19.2 Å². The van der Waals surface area contributed by atoms with Crippen molar-refractivity contribution in [1.29, 1.82) is 0 Å². The van der Waals surface area contributed by atoms with E-state index < -0.39 is 0 Å². The number of carbonyl (C=O) groups excluding carboxylic acids is 1. The van der Waals surface area contributed by atoms with Crippen LogP contribution in [0.4, 0.5) is 0 Å². The molecule has 2 aromatic carbocycles. The van der Waals surface area contributed by atoms with Crippen LogP contribution in [-0.4, -0.2) is 86.5 Å². The highest BCUT2D eigenvalue weighted by Gasteiger charge is 2.34. The third-order valence-corrected chi connectivity index (χ3v) is 6.21. The maximum absolute atomic E-state index is 13.4. The largest absolute Gasteiger partial charge is 0.497 e. The quantitative estimate of drug-likeness (QED) is 0.637. The molecule has 1 unspecified atom stereocenters. The number of benzene rings is 2. The molecule has 1 atom stereocenters. The number of hydrogen-bond acceptors (Lipinski definition) is 6. The third-order valence-electron chi connectivity index (χ3n) is 6.21. The van der Waals surface area contributed by atoms with Gasteiger partial charge in [-0.1, -0.05) is 42.5 Å². The molecule has 2 aliphatic rings. The number of hydrazone groups is 1. The molecule has 1 saturated heterocycles. The monoisotopic (exact) mass is 436 g/mol. The van der Waals surface area contributed by atoms with Gasteiger partial charge in [0.25, 0.3) is 5.91 Å². The van der Waals surface area contributed by atoms with E-state index in [4.69, 9.17) is 14.6 Å². The van der Waals surface area contributed by atoms with Gasteiger partial charge in [-0.2, -0.15) is 5.10 Å². The second-order valence-corrected chi connectivity index (χ2v) is 8.25. The summed E-state index contributed by atoms with van der Waals surface area (Å²) in [7, 11) is 3.39. The maximum Gasteiger partial charge on any atom is 0.257 e. The molecule has 4 rings (SSSR count). The molecule has 7 heteroatoms.